The SMILES string of the molecule is Cc1cc(C)c(Nc2cnnc(NCCc3c[nH]c4ccccc34)n2)c(C)c1. The monoisotopic (exact) mass is 372 g/mol. The molecule has 28 heavy (non-hydrogen) atoms. The van der Waals surface area contributed by atoms with Gasteiger partial charge in [0.1, 0.15) is 0 Å². The molecule has 3 N–H and O–H groups in total. The summed E-state index contributed by atoms with van der Waals surface area (Å²) in [5.41, 5.74) is 7.12. The van der Waals surface area contributed by atoms with E-state index in [-0.39, 0.29) is 0 Å². The van der Waals surface area contributed by atoms with Gasteiger partial charge >= 0.3 is 0 Å². The molecule has 0 aliphatic carbocycles. The fourth-order valence-electron chi connectivity index (χ4n) is 3.59. The molecule has 0 radical (unpaired) electrons. The van der Waals surface area contributed by atoms with E-state index in [0.29, 0.717) is 11.8 Å². The Kier molecular flexibility index (Phi) is 4.93. The molecule has 0 aliphatic heterocycles. The minimum Gasteiger partial charge on any atom is -0.361 e. The van der Waals surface area contributed by atoms with Gasteiger partial charge < -0.3 is 15.6 Å². The van der Waals surface area contributed by atoms with Crippen molar-refractivity contribution in [3.63, 3.8) is 0 Å². The lowest BCUT2D eigenvalue weighted by molar-refractivity contribution is 0.931. The van der Waals surface area contributed by atoms with Gasteiger partial charge in [0.15, 0.2) is 5.82 Å². The first kappa shape index (κ1) is 18.0. The molecule has 0 amide bonds. The van der Waals surface area contributed by atoms with Crippen LogP contribution < -0.4 is 10.6 Å². The lowest BCUT2D eigenvalue weighted by Crippen LogP contribution is -2.10. The van der Waals surface area contributed by atoms with Crippen molar-refractivity contribution in [2.24, 2.45) is 0 Å². The van der Waals surface area contributed by atoms with Crippen molar-refractivity contribution in [1.29, 1.82) is 0 Å². The van der Waals surface area contributed by atoms with Gasteiger partial charge in [0, 0.05) is 29.3 Å². The van der Waals surface area contributed by atoms with Crippen LogP contribution >= 0.6 is 0 Å². The number of hydrogen-bond acceptors (Lipinski definition) is 5. The minimum absolute atomic E-state index is 0.521. The first-order chi connectivity index (χ1) is 13.6. The molecule has 4 rings (SSSR count). The number of aryl methyl sites for hydroxylation is 3. The Hall–Kier alpha value is -3.41. The second-order valence-corrected chi connectivity index (χ2v) is 7.10. The Labute approximate surface area is 164 Å². The standard InChI is InChI=1S/C22H24N6/c1-14-10-15(2)21(16(3)11-14)26-20-13-25-28-22(27-20)23-9-8-17-12-24-19-7-5-4-6-18(17)19/h4-7,10-13,24H,8-9H2,1-3H3,(H2,23,26,27,28). The van der Waals surface area contributed by atoms with E-state index in [9.17, 15) is 0 Å². The molecular formula is C22H24N6. The third-order valence-electron chi connectivity index (χ3n) is 4.84. The maximum absolute atomic E-state index is 4.55. The van der Waals surface area contributed by atoms with Crippen LogP contribution in [0.3, 0.4) is 0 Å². The zero-order valence-electron chi connectivity index (χ0n) is 16.4. The van der Waals surface area contributed by atoms with Gasteiger partial charge in [-0.1, -0.05) is 35.9 Å². The zero-order chi connectivity index (χ0) is 19.5. The number of nitrogens with zero attached hydrogens (tertiary/aromatic N) is 3. The lowest BCUT2D eigenvalue weighted by atomic mass is 10.1. The first-order valence-electron chi connectivity index (χ1n) is 9.43. The van der Waals surface area contributed by atoms with Gasteiger partial charge in [-0.3, -0.25) is 0 Å². The van der Waals surface area contributed by atoms with Gasteiger partial charge in [0.2, 0.25) is 5.95 Å². The molecule has 4 aromatic rings. The summed E-state index contributed by atoms with van der Waals surface area (Å²) in [7, 11) is 0. The van der Waals surface area contributed by atoms with E-state index in [1.54, 1.807) is 6.20 Å². The van der Waals surface area contributed by atoms with Gasteiger partial charge in [0.05, 0.1) is 6.20 Å². The van der Waals surface area contributed by atoms with E-state index >= 15 is 0 Å². The summed E-state index contributed by atoms with van der Waals surface area (Å²) >= 11 is 0. The zero-order valence-corrected chi connectivity index (χ0v) is 16.4. The number of aromatic nitrogens is 4. The van der Waals surface area contributed by atoms with Crippen LogP contribution in [0.25, 0.3) is 10.9 Å². The molecule has 0 spiro atoms. The number of benzene rings is 2. The Morgan fingerprint density at radius 2 is 1.82 bits per heavy atom. The Morgan fingerprint density at radius 3 is 2.64 bits per heavy atom. The van der Waals surface area contributed by atoms with Gasteiger partial charge in [-0.05, 0) is 49.9 Å². The van der Waals surface area contributed by atoms with Gasteiger partial charge in [0.25, 0.3) is 0 Å². The molecule has 142 valence electrons. The predicted molar refractivity (Wildman–Crippen MR) is 114 cm³/mol. The summed E-state index contributed by atoms with van der Waals surface area (Å²) in [6.07, 6.45) is 4.58. The van der Waals surface area contributed by atoms with Crippen molar-refractivity contribution in [3.8, 4) is 0 Å². The van der Waals surface area contributed by atoms with Crippen molar-refractivity contribution in [2.45, 2.75) is 27.2 Å². The molecule has 6 heteroatoms. The fraction of sp³-hybridized carbons (Fsp3) is 0.227. The van der Waals surface area contributed by atoms with Crippen LogP contribution in [0.4, 0.5) is 17.5 Å². The highest BCUT2D eigenvalue weighted by Crippen LogP contribution is 2.25. The van der Waals surface area contributed by atoms with Crippen LogP contribution in [-0.2, 0) is 6.42 Å². The topological polar surface area (TPSA) is 78.5 Å². The van der Waals surface area contributed by atoms with Gasteiger partial charge in [-0.25, -0.2) is 0 Å². The van der Waals surface area contributed by atoms with Crippen molar-refractivity contribution >= 4 is 28.4 Å². The summed E-state index contributed by atoms with van der Waals surface area (Å²) in [6.45, 7) is 7.02. The largest absolute Gasteiger partial charge is 0.361 e. The molecule has 0 saturated carbocycles. The highest BCUT2D eigenvalue weighted by molar-refractivity contribution is 5.83. The summed E-state index contributed by atoms with van der Waals surface area (Å²) in [4.78, 5) is 7.86. The van der Waals surface area contributed by atoms with Gasteiger partial charge in [-0.15, -0.1) is 5.10 Å². The Balaban J connectivity index is 1.43. The number of nitrogens with one attached hydrogen (secondary N) is 3. The molecule has 0 bridgehead atoms. The third-order valence-corrected chi connectivity index (χ3v) is 4.84. The van der Waals surface area contributed by atoms with Crippen molar-refractivity contribution < 1.29 is 0 Å². The van der Waals surface area contributed by atoms with Crippen molar-refractivity contribution in [3.05, 3.63) is 71.0 Å². The average molecular weight is 372 g/mol. The molecule has 0 fully saturated rings. The Bertz CT molecular complexity index is 1090. The van der Waals surface area contributed by atoms with Crippen molar-refractivity contribution in [1.82, 2.24) is 20.2 Å². The third kappa shape index (κ3) is 3.81. The highest BCUT2D eigenvalue weighted by Gasteiger charge is 2.07. The molecule has 0 unspecified atom stereocenters. The van der Waals surface area contributed by atoms with Crippen LogP contribution in [0.5, 0.6) is 0 Å². The molecule has 2 aromatic carbocycles. The van der Waals surface area contributed by atoms with Crippen LogP contribution in [0.1, 0.15) is 22.3 Å². The molecule has 0 atom stereocenters. The van der Waals surface area contributed by atoms with E-state index in [0.717, 1.165) is 24.2 Å². The van der Waals surface area contributed by atoms with Crippen LogP contribution in [0, 0.1) is 20.8 Å². The highest BCUT2D eigenvalue weighted by atomic mass is 15.3. The van der Waals surface area contributed by atoms with Gasteiger partial charge in [-0.2, -0.15) is 10.1 Å². The summed E-state index contributed by atoms with van der Waals surface area (Å²) < 4.78 is 0. The first-order valence-corrected chi connectivity index (χ1v) is 9.43. The molecule has 2 aromatic heterocycles. The molecular weight excluding hydrogens is 348 g/mol. The maximum Gasteiger partial charge on any atom is 0.244 e. The second kappa shape index (κ2) is 7.68. The predicted octanol–water partition coefficient (Wildman–Crippen LogP) is 4.68. The second-order valence-electron chi connectivity index (χ2n) is 7.10. The smallest absolute Gasteiger partial charge is 0.244 e. The normalized spacial score (nSPS) is 11.0. The van der Waals surface area contributed by atoms with E-state index < -0.39 is 0 Å². The number of hydrogen-bond donors (Lipinski definition) is 3. The van der Waals surface area contributed by atoms with Crippen LogP contribution in [-0.4, -0.2) is 26.7 Å². The summed E-state index contributed by atoms with van der Waals surface area (Å²) in [5, 5.41) is 16.1. The maximum atomic E-state index is 4.55. The van der Waals surface area contributed by atoms with E-state index in [1.165, 1.54) is 27.6 Å². The Morgan fingerprint density at radius 1 is 1.04 bits per heavy atom. The quantitative estimate of drug-likeness (QED) is 0.458. The van der Waals surface area contributed by atoms with E-state index in [4.69, 9.17) is 0 Å². The number of rotatable bonds is 6. The number of aromatic amines is 1. The lowest BCUT2D eigenvalue weighted by Gasteiger charge is -2.13. The summed E-state index contributed by atoms with van der Waals surface area (Å²) in [6, 6.07) is 12.6. The molecule has 2 heterocycles. The number of anilines is 3. The van der Waals surface area contributed by atoms with E-state index in [1.807, 2.05) is 6.07 Å². The molecule has 0 aliphatic rings. The average Bonchev–Trinajstić information content (AvgIpc) is 3.08. The van der Waals surface area contributed by atoms with Crippen LogP contribution in [0.2, 0.25) is 0 Å². The minimum atomic E-state index is 0.521. The number of H-pyrrole nitrogens is 1. The summed E-state index contributed by atoms with van der Waals surface area (Å²) in [5.74, 6) is 1.20. The molecule has 6 nitrogen and oxygen atoms in total. The number of fused-ring (bicyclic) bond motifs is 1. The fourth-order valence-corrected chi connectivity index (χ4v) is 3.59. The number of para-hydroxylation sites is 1. The molecule has 0 saturated heterocycles. The van der Waals surface area contributed by atoms with E-state index in [2.05, 4.69) is 88.1 Å². The van der Waals surface area contributed by atoms with Crippen LogP contribution in [0.15, 0.2) is 48.8 Å². The van der Waals surface area contributed by atoms with Crippen molar-refractivity contribution in [2.75, 3.05) is 17.2 Å².